The number of amides is 3. The standard InChI is InChI=1S/C25H34BrN3O4S/c1-2-3-11-27-23(32)21-25-14-17(26)20(34-25)18(19(25)24(33)29(21)12-7-8-13-30)22(31)28-15-16-9-5-4-6-10-16/h4-6,9-10,17-21,30H,2-3,7-8,11-15H2,1H3,(H,27,32)(H,28,31)/t17?,18-,19+,20-,21?,25?/m1/s1. The Morgan fingerprint density at radius 2 is 1.94 bits per heavy atom. The van der Waals surface area contributed by atoms with E-state index in [4.69, 9.17) is 0 Å². The number of rotatable bonds is 11. The SMILES string of the molecule is CCCCNC(=O)C1N(CCCCO)C(=O)[C@@H]2[C@@H](C(=O)NCc3ccccc3)[C@@H]3SC12CC3Br. The zero-order valence-electron chi connectivity index (χ0n) is 19.5. The number of unbranched alkanes of at least 4 members (excludes halogenated alkanes) is 2. The van der Waals surface area contributed by atoms with Crippen LogP contribution in [-0.2, 0) is 20.9 Å². The first-order valence-corrected chi connectivity index (χ1v) is 14.1. The van der Waals surface area contributed by atoms with Crippen molar-refractivity contribution in [3.8, 4) is 0 Å². The molecule has 3 unspecified atom stereocenters. The molecule has 3 fully saturated rings. The maximum atomic E-state index is 13.8. The molecular weight excluding hydrogens is 518 g/mol. The monoisotopic (exact) mass is 551 g/mol. The van der Waals surface area contributed by atoms with Crippen molar-refractivity contribution in [1.82, 2.24) is 15.5 Å². The Hall–Kier alpha value is -1.58. The first-order valence-electron chi connectivity index (χ1n) is 12.3. The number of thioether (sulfide) groups is 1. The molecule has 9 heteroatoms. The predicted molar refractivity (Wildman–Crippen MR) is 136 cm³/mol. The number of benzene rings is 1. The maximum Gasteiger partial charge on any atom is 0.244 e. The number of hydrogen-bond donors (Lipinski definition) is 3. The Balaban J connectivity index is 1.59. The maximum absolute atomic E-state index is 13.8. The largest absolute Gasteiger partial charge is 0.396 e. The molecule has 4 rings (SSSR count). The number of likely N-dealkylation sites (tertiary alicyclic amines) is 1. The van der Waals surface area contributed by atoms with E-state index in [0.29, 0.717) is 38.9 Å². The summed E-state index contributed by atoms with van der Waals surface area (Å²) >= 11 is 5.44. The lowest BCUT2D eigenvalue weighted by molar-refractivity contribution is -0.140. The van der Waals surface area contributed by atoms with Crippen molar-refractivity contribution >= 4 is 45.4 Å². The van der Waals surface area contributed by atoms with Crippen LogP contribution in [0.3, 0.4) is 0 Å². The van der Waals surface area contributed by atoms with Gasteiger partial charge in [-0.1, -0.05) is 59.6 Å². The van der Waals surface area contributed by atoms with Crippen molar-refractivity contribution < 1.29 is 19.5 Å². The minimum absolute atomic E-state index is 0.0461. The van der Waals surface area contributed by atoms with Crippen LogP contribution < -0.4 is 10.6 Å². The number of aliphatic hydroxyl groups excluding tert-OH is 1. The number of aliphatic hydroxyl groups is 1. The average Bonchev–Trinajstić information content (AvgIpc) is 3.42. The van der Waals surface area contributed by atoms with Crippen LogP contribution in [0.25, 0.3) is 0 Å². The van der Waals surface area contributed by atoms with Gasteiger partial charge in [-0.05, 0) is 31.2 Å². The number of carbonyl (C=O) groups is 3. The van der Waals surface area contributed by atoms with Gasteiger partial charge in [0.05, 0.1) is 16.6 Å². The lowest BCUT2D eigenvalue weighted by atomic mass is 9.70. The van der Waals surface area contributed by atoms with Gasteiger partial charge in [-0.25, -0.2) is 0 Å². The molecule has 7 nitrogen and oxygen atoms in total. The highest BCUT2D eigenvalue weighted by atomic mass is 79.9. The lowest BCUT2D eigenvalue weighted by Crippen LogP contribution is -2.55. The molecule has 1 spiro atoms. The van der Waals surface area contributed by atoms with Gasteiger partial charge in [0.15, 0.2) is 0 Å². The van der Waals surface area contributed by atoms with E-state index in [1.807, 2.05) is 30.3 Å². The summed E-state index contributed by atoms with van der Waals surface area (Å²) in [5.41, 5.74) is 1.01. The third-order valence-corrected chi connectivity index (χ3v) is 10.5. The Bertz CT molecular complexity index is 903. The molecule has 0 radical (unpaired) electrons. The number of nitrogens with zero attached hydrogens (tertiary/aromatic N) is 1. The second-order valence-electron chi connectivity index (χ2n) is 9.47. The van der Waals surface area contributed by atoms with Crippen LogP contribution >= 0.6 is 27.7 Å². The smallest absolute Gasteiger partial charge is 0.244 e. The van der Waals surface area contributed by atoms with Gasteiger partial charge in [0.1, 0.15) is 6.04 Å². The topological polar surface area (TPSA) is 98.7 Å². The molecule has 6 atom stereocenters. The van der Waals surface area contributed by atoms with Crippen LogP contribution in [0.1, 0.15) is 44.6 Å². The van der Waals surface area contributed by atoms with Gasteiger partial charge in [-0.15, -0.1) is 11.8 Å². The summed E-state index contributed by atoms with van der Waals surface area (Å²) in [6, 6.07) is 9.14. The fraction of sp³-hybridized carbons (Fsp3) is 0.640. The quantitative estimate of drug-likeness (QED) is 0.290. The van der Waals surface area contributed by atoms with Crippen molar-refractivity contribution in [2.75, 3.05) is 19.7 Å². The van der Waals surface area contributed by atoms with Gasteiger partial charge in [-0.2, -0.15) is 0 Å². The second kappa shape index (κ2) is 11.0. The van der Waals surface area contributed by atoms with Crippen LogP contribution in [0.15, 0.2) is 30.3 Å². The van der Waals surface area contributed by atoms with Gasteiger partial charge in [-0.3, -0.25) is 14.4 Å². The Morgan fingerprint density at radius 3 is 2.65 bits per heavy atom. The zero-order chi connectivity index (χ0) is 24.3. The molecule has 0 aliphatic carbocycles. The van der Waals surface area contributed by atoms with Gasteiger partial charge in [0.2, 0.25) is 17.7 Å². The first-order chi connectivity index (χ1) is 16.4. The first kappa shape index (κ1) is 25.5. The summed E-state index contributed by atoms with van der Waals surface area (Å²) in [5.74, 6) is -1.32. The highest BCUT2D eigenvalue weighted by molar-refractivity contribution is 9.09. The number of halogens is 1. The van der Waals surface area contributed by atoms with Crippen molar-refractivity contribution in [1.29, 1.82) is 0 Å². The van der Waals surface area contributed by atoms with Crippen LogP contribution in [-0.4, -0.2) is 68.3 Å². The second-order valence-corrected chi connectivity index (χ2v) is 12.2. The van der Waals surface area contributed by atoms with Crippen LogP contribution in [0.5, 0.6) is 0 Å². The summed E-state index contributed by atoms with van der Waals surface area (Å²) in [6.45, 7) is 3.53. The van der Waals surface area contributed by atoms with Crippen molar-refractivity contribution in [2.24, 2.45) is 11.8 Å². The fourth-order valence-electron chi connectivity index (χ4n) is 5.75. The molecule has 3 saturated heterocycles. The number of nitrogens with one attached hydrogen (secondary N) is 2. The molecule has 3 amide bonds. The molecule has 186 valence electrons. The highest BCUT2D eigenvalue weighted by Gasteiger charge is 2.75. The molecule has 3 aliphatic rings. The van der Waals surface area contributed by atoms with Gasteiger partial charge < -0.3 is 20.6 Å². The molecule has 1 aromatic carbocycles. The van der Waals surface area contributed by atoms with E-state index in [2.05, 4.69) is 33.5 Å². The number of hydrogen-bond acceptors (Lipinski definition) is 5. The summed E-state index contributed by atoms with van der Waals surface area (Å²) in [6.07, 6.45) is 3.74. The van der Waals surface area contributed by atoms with Gasteiger partial charge in [0.25, 0.3) is 0 Å². The molecule has 2 bridgehead atoms. The molecule has 3 N–H and O–H groups in total. The Kier molecular flexibility index (Phi) is 8.25. The molecule has 1 aromatic rings. The molecule has 3 heterocycles. The van der Waals surface area contributed by atoms with E-state index in [-0.39, 0.29) is 34.4 Å². The zero-order valence-corrected chi connectivity index (χ0v) is 21.9. The molecule has 0 aromatic heterocycles. The van der Waals surface area contributed by atoms with Gasteiger partial charge >= 0.3 is 0 Å². The molecular formula is C25H34BrN3O4S. The Morgan fingerprint density at radius 1 is 1.18 bits per heavy atom. The van der Waals surface area contributed by atoms with Crippen molar-refractivity contribution in [3.05, 3.63) is 35.9 Å². The lowest BCUT2D eigenvalue weighted by Gasteiger charge is -2.35. The predicted octanol–water partition coefficient (Wildman–Crippen LogP) is 2.46. The average molecular weight is 553 g/mol. The van der Waals surface area contributed by atoms with Crippen LogP contribution in [0.2, 0.25) is 0 Å². The minimum Gasteiger partial charge on any atom is -0.396 e. The van der Waals surface area contributed by atoms with E-state index >= 15 is 0 Å². The number of alkyl halides is 1. The third kappa shape index (κ3) is 4.63. The Labute approximate surface area is 213 Å². The third-order valence-electron chi connectivity index (χ3n) is 7.29. The summed E-state index contributed by atoms with van der Waals surface area (Å²) in [7, 11) is 0. The summed E-state index contributed by atoms with van der Waals surface area (Å²) < 4.78 is -0.611. The van der Waals surface area contributed by atoms with E-state index in [1.165, 1.54) is 0 Å². The minimum atomic E-state index is -0.611. The molecule has 34 heavy (non-hydrogen) atoms. The summed E-state index contributed by atoms with van der Waals surface area (Å²) in [4.78, 5) is 42.4. The number of carbonyl (C=O) groups excluding carboxylic acids is 3. The van der Waals surface area contributed by atoms with Gasteiger partial charge in [0, 0.05) is 36.3 Å². The van der Waals surface area contributed by atoms with Crippen LogP contribution in [0.4, 0.5) is 0 Å². The molecule has 3 aliphatic heterocycles. The molecule has 0 saturated carbocycles. The fourth-order valence-corrected chi connectivity index (χ4v) is 9.37. The van der Waals surface area contributed by atoms with Crippen molar-refractivity contribution in [2.45, 2.75) is 66.4 Å². The highest BCUT2D eigenvalue weighted by Crippen LogP contribution is 2.67. The van der Waals surface area contributed by atoms with E-state index in [9.17, 15) is 19.5 Å². The van der Waals surface area contributed by atoms with Crippen LogP contribution in [0, 0.1) is 11.8 Å². The normalized spacial score (nSPS) is 31.6. The number of fused-ring (bicyclic) bond motifs is 1. The van der Waals surface area contributed by atoms with E-state index in [0.717, 1.165) is 18.4 Å². The van der Waals surface area contributed by atoms with E-state index in [1.54, 1.807) is 16.7 Å². The summed E-state index contributed by atoms with van der Waals surface area (Å²) in [5, 5.41) is 15.3. The van der Waals surface area contributed by atoms with E-state index < -0.39 is 22.6 Å². The van der Waals surface area contributed by atoms with Crippen molar-refractivity contribution in [3.63, 3.8) is 0 Å².